The first-order valence-corrected chi connectivity index (χ1v) is 11.9. The Morgan fingerprint density at radius 3 is 2.86 bits per heavy atom. The number of piperidine rings is 1. The van der Waals surface area contributed by atoms with E-state index in [2.05, 4.69) is 62.9 Å². The molecule has 3 unspecified atom stereocenters. The van der Waals surface area contributed by atoms with Gasteiger partial charge in [-0.2, -0.15) is 5.21 Å². The number of nitrogens with zero attached hydrogens (tertiary/aromatic N) is 4. The zero-order valence-electron chi connectivity index (χ0n) is 20.2. The molecule has 2 aliphatic heterocycles. The van der Waals surface area contributed by atoms with Crippen molar-refractivity contribution in [1.29, 1.82) is 0 Å². The van der Waals surface area contributed by atoms with E-state index in [0.717, 1.165) is 25.9 Å². The Kier molecular flexibility index (Phi) is 6.40. The highest BCUT2D eigenvalue weighted by Gasteiger charge is 2.39. The second-order valence-electron chi connectivity index (χ2n) is 9.40. The molecule has 184 valence electrons. The molecule has 0 radical (unpaired) electrons. The fourth-order valence-electron chi connectivity index (χ4n) is 5.35. The first-order valence-electron chi connectivity index (χ1n) is 11.9. The molecular formula is C25H31N7O3. The monoisotopic (exact) mass is 477 g/mol. The van der Waals surface area contributed by atoms with Crippen molar-refractivity contribution in [2.45, 2.75) is 44.7 Å². The quantitative estimate of drug-likeness (QED) is 0.493. The Hall–Kier alpha value is -3.50. The number of ether oxygens (including phenoxy) is 2. The molecule has 1 fully saturated rings. The number of aromatic amines is 1. The van der Waals surface area contributed by atoms with Crippen molar-refractivity contribution in [3.05, 3.63) is 58.1 Å². The molecule has 0 aliphatic carbocycles. The molecule has 2 aromatic carbocycles. The molecule has 3 heterocycles. The number of aromatic nitrogens is 4. The molecule has 1 aromatic heterocycles. The van der Waals surface area contributed by atoms with Crippen LogP contribution >= 0.6 is 0 Å². The number of methoxy groups -OCH3 is 1. The van der Waals surface area contributed by atoms with E-state index in [4.69, 9.17) is 15.2 Å². The number of nitrogens with two attached hydrogens (primary N) is 1. The Labute approximate surface area is 204 Å². The molecule has 10 nitrogen and oxygen atoms in total. The SMILES string of the molecule is COc1cc2c(cc1OCC(=O)Nc1nn[nH]n1)CCN1CC(c3cc(C)ccc3C)C(N)CC21. The number of tetrazole rings is 1. The van der Waals surface area contributed by atoms with Gasteiger partial charge in [0.2, 0.25) is 0 Å². The summed E-state index contributed by atoms with van der Waals surface area (Å²) in [6, 6.07) is 11.0. The van der Waals surface area contributed by atoms with Crippen molar-refractivity contribution >= 4 is 11.9 Å². The predicted molar refractivity (Wildman–Crippen MR) is 131 cm³/mol. The maximum absolute atomic E-state index is 12.2. The van der Waals surface area contributed by atoms with Gasteiger partial charge in [0.15, 0.2) is 18.1 Å². The largest absolute Gasteiger partial charge is 0.493 e. The van der Waals surface area contributed by atoms with Crippen LogP contribution < -0.4 is 20.5 Å². The lowest BCUT2D eigenvalue weighted by Crippen LogP contribution is -2.49. The Morgan fingerprint density at radius 2 is 2.09 bits per heavy atom. The van der Waals surface area contributed by atoms with Crippen LogP contribution in [0, 0.1) is 13.8 Å². The zero-order valence-corrected chi connectivity index (χ0v) is 20.2. The van der Waals surface area contributed by atoms with E-state index in [-0.39, 0.29) is 30.5 Å². The van der Waals surface area contributed by atoms with E-state index in [0.29, 0.717) is 17.4 Å². The van der Waals surface area contributed by atoms with E-state index in [1.165, 1.54) is 27.8 Å². The van der Waals surface area contributed by atoms with E-state index in [9.17, 15) is 4.79 Å². The van der Waals surface area contributed by atoms with Gasteiger partial charge < -0.3 is 15.2 Å². The third kappa shape index (κ3) is 4.71. The predicted octanol–water partition coefficient (Wildman–Crippen LogP) is 2.26. The van der Waals surface area contributed by atoms with Crippen molar-refractivity contribution in [2.24, 2.45) is 5.73 Å². The lowest BCUT2D eigenvalue weighted by Gasteiger charge is -2.46. The van der Waals surface area contributed by atoms with Crippen LogP contribution in [0.15, 0.2) is 30.3 Å². The molecule has 2 aliphatic rings. The molecule has 10 heteroatoms. The number of aryl methyl sites for hydroxylation is 2. The average Bonchev–Trinajstić information content (AvgIpc) is 3.36. The molecule has 5 rings (SSSR count). The third-order valence-corrected chi connectivity index (χ3v) is 7.13. The van der Waals surface area contributed by atoms with Crippen molar-refractivity contribution in [2.75, 3.05) is 32.1 Å². The van der Waals surface area contributed by atoms with Crippen LogP contribution in [0.2, 0.25) is 0 Å². The number of benzene rings is 2. The van der Waals surface area contributed by atoms with Gasteiger partial charge in [0, 0.05) is 31.1 Å². The zero-order chi connectivity index (χ0) is 24.5. The molecule has 0 bridgehead atoms. The number of nitrogens with one attached hydrogen (secondary N) is 2. The summed E-state index contributed by atoms with van der Waals surface area (Å²) in [6.45, 7) is 6.01. The smallest absolute Gasteiger partial charge is 0.269 e. The highest BCUT2D eigenvalue weighted by Crippen LogP contribution is 2.44. The van der Waals surface area contributed by atoms with Gasteiger partial charge >= 0.3 is 0 Å². The first-order chi connectivity index (χ1) is 16.9. The summed E-state index contributed by atoms with van der Waals surface area (Å²) in [5.74, 6) is 1.17. The molecule has 3 aromatic rings. The highest BCUT2D eigenvalue weighted by atomic mass is 16.5. The van der Waals surface area contributed by atoms with Crippen molar-refractivity contribution < 1.29 is 14.3 Å². The molecular weight excluding hydrogens is 446 g/mol. The van der Waals surface area contributed by atoms with Crippen LogP contribution in [0.5, 0.6) is 11.5 Å². The summed E-state index contributed by atoms with van der Waals surface area (Å²) < 4.78 is 11.4. The fraction of sp³-hybridized carbons (Fsp3) is 0.440. The number of carbonyl (C=O) groups excluding carboxylic acids is 1. The number of H-pyrrole nitrogens is 1. The lowest BCUT2D eigenvalue weighted by atomic mass is 9.77. The Morgan fingerprint density at radius 1 is 1.23 bits per heavy atom. The maximum atomic E-state index is 12.2. The van der Waals surface area contributed by atoms with Crippen molar-refractivity contribution in [1.82, 2.24) is 25.5 Å². The number of carbonyl (C=O) groups is 1. The molecule has 0 spiro atoms. The number of hydrogen-bond donors (Lipinski definition) is 3. The van der Waals surface area contributed by atoms with Crippen LogP contribution in [0.25, 0.3) is 0 Å². The van der Waals surface area contributed by atoms with Gasteiger partial charge in [-0.05, 0) is 66.3 Å². The standard InChI is InChI=1S/C25H31N7O3/c1-14-4-5-15(2)17(8-14)19-12-32-7-6-16-9-23(35-13-24(33)27-25-28-30-31-29-25)22(34-3)10-18(16)21(32)11-20(19)26/h4-5,8-10,19-21H,6-7,11-13,26H2,1-3H3,(H2,27,28,29,30,31,33). The second-order valence-corrected chi connectivity index (χ2v) is 9.40. The van der Waals surface area contributed by atoms with E-state index < -0.39 is 0 Å². The van der Waals surface area contributed by atoms with Gasteiger partial charge in [0.25, 0.3) is 11.9 Å². The topological polar surface area (TPSA) is 131 Å². The lowest BCUT2D eigenvalue weighted by molar-refractivity contribution is -0.118. The van der Waals surface area contributed by atoms with Crippen LogP contribution in [-0.2, 0) is 11.2 Å². The summed E-state index contributed by atoms with van der Waals surface area (Å²) in [7, 11) is 1.61. The minimum Gasteiger partial charge on any atom is -0.493 e. The van der Waals surface area contributed by atoms with Gasteiger partial charge in [-0.3, -0.25) is 15.0 Å². The molecule has 3 atom stereocenters. The van der Waals surface area contributed by atoms with E-state index in [1.54, 1.807) is 7.11 Å². The van der Waals surface area contributed by atoms with Crippen LogP contribution in [0.4, 0.5) is 5.95 Å². The van der Waals surface area contributed by atoms with E-state index >= 15 is 0 Å². The normalized spacial score (nSPS) is 21.7. The Bertz CT molecular complexity index is 1210. The summed E-state index contributed by atoms with van der Waals surface area (Å²) in [5.41, 5.74) is 13.2. The molecule has 1 saturated heterocycles. The number of anilines is 1. The van der Waals surface area contributed by atoms with E-state index in [1.807, 2.05) is 12.1 Å². The number of hydrogen-bond acceptors (Lipinski definition) is 8. The van der Waals surface area contributed by atoms with Gasteiger partial charge in [-0.25, -0.2) is 0 Å². The van der Waals surface area contributed by atoms with Gasteiger partial charge in [-0.1, -0.05) is 28.9 Å². The van der Waals surface area contributed by atoms with Gasteiger partial charge in [-0.15, -0.1) is 5.10 Å². The molecule has 1 amide bonds. The number of rotatable bonds is 6. The highest BCUT2D eigenvalue weighted by molar-refractivity contribution is 5.90. The van der Waals surface area contributed by atoms with Crippen LogP contribution in [0.3, 0.4) is 0 Å². The molecule has 4 N–H and O–H groups in total. The summed E-state index contributed by atoms with van der Waals surface area (Å²) in [6.07, 6.45) is 1.78. The van der Waals surface area contributed by atoms with Gasteiger partial charge in [0.1, 0.15) is 0 Å². The van der Waals surface area contributed by atoms with Crippen molar-refractivity contribution in [3.8, 4) is 11.5 Å². The maximum Gasteiger partial charge on any atom is 0.269 e. The molecule has 35 heavy (non-hydrogen) atoms. The molecule has 0 saturated carbocycles. The minimum absolute atomic E-state index is 0.0680. The summed E-state index contributed by atoms with van der Waals surface area (Å²) >= 11 is 0. The summed E-state index contributed by atoms with van der Waals surface area (Å²) in [5, 5.41) is 15.6. The van der Waals surface area contributed by atoms with Crippen LogP contribution in [-0.4, -0.2) is 64.3 Å². The van der Waals surface area contributed by atoms with Crippen LogP contribution in [0.1, 0.15) is 46.2 Å². The number of fused-ring (bicyclic) bond motifs is 3. The fourth-order valence-corrected chi connectivity index (χ4v) is 5.35. The first kappa shape index (κ1) is 23.3. The second kappa shape index (κ2) is 9.63. The Balaban J connectivity index is 1.33. The van der Waals surface area contributed by atoms with Crippen molar-refractivity contribution in [3.63, 3.8) is 0 Å². The summed E-state index contributed by atoms with van der Waals surface area (Å²) in [4.78, 5) is 14.7. The van der Waals surface area contributed by atoms with Gasteiger partial charge in [0.05, 0.1) is 7.11 Å². The minimum atomic E-state index is -0.381. The number of amides is 1. The third-order valence-electron chi connectivity index (χ3n) is 7.13. The average molecular weight is 478 g/mol.